The van der Waals surface area contributed by atoms with Crippen LogP contribution in [0.4, 0.5) is 8.78 Å². The summed E-state index contributed by atoms with van der Waals surface area (Å²) in [5.74, 6) is -2.00. The summed E-state index contributed by atoms with van der Waals surface area (Å²) in [6, 6.07) is 8.95. The SMILES string of the molecule is C=CC(=O)N1CCn2nc(-c3nc(-c4cncc(C#N)c4)c4ccsc4c3-c3c(F)cc(F)cc3OCC(C)O)cc2C1C. The molecule has 1 aromatic carbocycles. The highest BCUT2D eigenvalue weighted by molar-refractivity contribution is 7.18. The zero-order valence-corrected chi connectivity index (χ0v) is 24.6. The number of amides is 1. The third-order valence-electron chi connectivity index (χ3n) is 7.46. The topological polar surface area (TPSA) is 117 Å². The van der Waals surface area contributed by atoms with Crippen molar-refractivity contribution in [3.05, 3.63) is 83.7 Å². The van der Waals surface area contributed by atoms with Gasteiger partial charge in [-0.25, -0.2) is 13.8 Å². The summed E-state index contributed by atoms with van der Waals surface area (Å²) in [4.78, 5) is 23.4. The highest BCUT2D eigenvalue weighted by Crippen LogP contribution is 2.47. The highest BCUT2D eigenvalue weighted by atomic mass is 32.1. The molecule has 2 unspecified atom stereocenters. The van der Waals surface area contributed by atoms with Gasteiger partial charge in [-0.3, -0.25) is 14.5 Å². The number of aromatic nitrogens is 4. The molecule has 5 heterocycles. The molecule has 4 aromatic heterocycles. The molecule has 0 saturated carbocycles. The van der Waals surface area contributed by atoms with Crippen LogP contribution in [0.1, 0.15) is 31.1 Å². The lowest BCUT2D eigenvalue weighted by molar-refractivity contribution is -0.129. The number of nitrogens with zero attached hydrogens (tertiary/aromatic N) is 6. The van der Waals surface area contributed by atoms with E-state index in [1.54, 1.807) is 21.8 Å². The average molecular weight is 613 g/mol. The predicted octanol–water partition coefficient (Wildman–Crippen LogP) is 5.89. The number of hydrogen-bond donors (Lipinski definition) is 1. The first-order valence-corrected chi connectivity index (χ1v) is 14.7. The number of hydrogen-bond acceptors (Lipinski definition) is 8. The molecule has 222 valence electrons. The van der Waals surface area contributed by atoms with E-state index in [1.807, 2.05) is 24.4 Å². The van der Waals surface area contributed by atoms with E-state index >= 15 is 4.39 Å². The molecular formula is C32H26F2N6O3S. The summed E-state index contributed by atoms with van der Waals surface area (Å²) in [6.45, 7) is 7.66. The molecule has 1 aliphatic heterocycles. The Morgan fingerprint density at radius 1 is 1.25 bits per heavy atom. The van der Waals surface area contributed by atoms with Gasteiger partial charge in [-0.1, -0.05) is 6.58 Å². The summed E-state index contributed by atoms with van der Waals surface area (Å²) >= 11 is 1.34. The summed E-state index contributed by atoms with van der Waals surface area (Å²) in [5.41, 5.74) is 3.17. The Morgan fingerprint density at radius 2 is 2.07 bits per heavy atom. The summed E-state index contributed by atoms with van der Waals surface area (Å²) in [6.07, 6.45) is 3.43. The lowest BCUT2D eigenvalue weighted by Crippen LogP contribution is -2.40. The quantitative estimate of drug-likeness (QED) is 0.228. The molecule has 0 fully saturated rings. The first-order chi connectivity index (χ1) is 21.2. The van der Waals surface area contributed by atoms with Gasteiger partial charge in [0.05, 0.1) is 41.2 Å². The van der Waals surface area contributed by atoms with Gasteiger partial charge >= 0.3 is 0 Å². The monoisotopic (exact) mass is 612 g/mol. The van der Waals surface area contributed by atoms with Crippen molar-refractivity contribution in [3.63, 3.8) is 0 Å². The Morgan fingerprint density at radius 3 is 2.82 bits per heavy atom. The van der Waals surface area contributed by atoms with Crippen LogP contribution in [0.2, 0.25) is 0 Å². The van der Waals surface area contributed by atoms with Crippen LogP contribution in [0.25, 0.3) is 43.9 Å². The van der Waals surface area contributed by atoms with Crippen molar-refractivity contribution in [1.82, 2.24) is 24.6 Å². The van der Waals surface area contributed by atoms with Crippen molar-refractivity contribution in [2.75, 3.05) is 13.2 Å². The fourth-order valence-electron chi connectivity index (χ4n) is 5.45. The number of benzene rings is 1. The van der Waals surface area contributed by atoms with E-state index < -0.39 is 17.7 Å². The number of carbonyl (C=O) groups is 1. The molecule has 1 aliphatic rings. The number of ether oxygens (including phenoxy) is 1. The van der Waals surface area contributed by atoms with Gasteiger partial charge < -0.3 is 14.7 Å². The normalized spacial score (nSPS) is 15.1. The fourth-order valence-corrected chi connectivity index (χ4v) is 6.39. The van der Waals surface area contributed by atoms with Crippen LogP contribution in [0.5, 0.6) is 5.75 Å². The van der Waals surface area contributed by atoms with Crippen LogP contribution in [0.15, 0.2) is 60.8 Å². The number of fused-ring (bicyclic) bond motifs is 2. The van der Waals surface area contributed by atoms with Gasteiger partial charge in [-0.15, -0.1) is 11.3 Å². The smallest absolute Gasteiger partial charge is 0.246 e. The van der Waals surface area contributed by atoms with Crippen molar-refractivity contribution in [2.45, 2.75) is 32.5 Å². The van der Waals surface area contributed by atoms with Gasteiger partial charge in [0.2, 0.25) is 5.91 Å². The van der Waals surface area contributed by atoms with Crippen molar-refractivity contribution < 1.29 is 23.4 Å². The maximum Gasteiger partial charge on any atom is 0.246 e. The second kappa shape index (κ2) is 11.6. The molecule has 0 spiro atoms. The second-order valence-electron chi connectivity index (χ2n) is 10.4. The van der Waals surface area contributed by atoms with Crippen molar-refractivity contribution in [2.24, 2.45) is 0 Å². The van der Waals surface area contributed by atoms with E-state index in [0.717, 1.165) is 17.8 Å². The first kappa shape index (κ1) is 29.1. The van der Waals surface area contributed by atoms with E-state index in [9.17, 15) is 19.6 Å². The molecule has 9 nitrogen and oxygen atoms in total. The van der Waals surface area contributed by atoms with E-state index in [1.165, 1.54) is 30.5 Å². The number of carbonyl (C=O) groups excluding carboxylic acids is 1. The molecule has 12 heteroatoms. The third-order valence-corrected chi connectivity index (χ3v) is 8.39. The Labute approximate surface area is 255 Å². The van der Waals surface area contributed by atoms with Gasteiger partial charge in [0, 0.05) is 52.3 Å². The summed E-state index contributed by atoms with van der Waals surface area (Å²) in [5, 5.41) is 26.7. The Kier molecular flexibility index (Phi) is 7.67. The number of thiophene rings is 1. The molecule has 44 heavy (non-hydrogen) atoms. The maximum absolute atomic E-state index is 15.9. The Balaban J connectivity index is 1.65. The highest BCUT2D eigenvalue weighted by Gasteiger charge is 2.31. The Bertz CT molecular complexity index is 1980. The number of rotatable bonds is 7. The van der Waals surface area contributed by atoms with Crippen LogP contribution in [-0.2, 0) is 11.3 Å². The summed E-state index contributed by atoms with van der Waals surface area (Å²) in [7, 11) is 0. The molecular weight excluding hydrogens is 586 g/mol. The zero-order chi connectivity index (χ0) is 31.1. The minimum absolute atomic E-state index is 0.0278. The van der Waals surface area contributed by atoms with Gasteiger partial charge in [0.25, 0.3) is 0 Å². The molecule has 0 radical (unpaired) electrons. The molecule has 0 saturated heterocycles. The van der Waals surface area contributed by atoms with Crippen LogP contribution >= 0.6 is 11.3 Å². The minimum atomic E-state index is -0.890. The number of aliphatic hydroxyl groups is 1. The van der Waals surface area contributed by atoms with Gasteiger partial charge in [0.15, 0.2) is 0 Å². The van der Waals surface area contributed by atoms with Crippen molar-refractivity contribution in [3.8, 4) is 45.6 Å². The van der Waals surface area contributed by atoms with E-state index in [2.05, 4.69) is 17.6 Å². The van der Waals surface area contributed by atoms with Crippen molar-refractivity contribution in [1.29, 1.82) is 5.26 Å². The van der Waals surface area contributed by atoms with Gasteiger partial charge in [0.1, 0.15) is 41.4 Å². The van der Waals surface area contributed by atoms with E-state index in [0.29, 0.717) is 56.9 Å². The minimum Gasteiger partial charge on any atom is -0.490 e. The van der Waals surface area contributed by atoms with Gasteiger partial charge in [-0.05, 0) is 43.5 Å². The lowest BCUT2D eigenvalue weighted by Gasteiger charge is -2.33. The number of nitriles is 1. The largest absolute Gasteiger partial charge is 0.490 e. The van der Waals surface area contributed by atoms with Gasteiger partial charge in [-0.2, -0.15) is 10.4 Å². The third kappa shape index (κ3) is 5.10. The summed E-state index contributed by atoms with van der Waals surface area (Å²) < 4.78 is 38.6. The molecule has 5 aromatic rings. The lowest BCUT2D eigenvalue weighted by atomic mass is 9.96. The fraction of sp³-hybridized carbons (Fsp3) is 0.219. The second-order valence-corrected chi connectivity index (χ2v) is 11.3. The van der Waals surface area contributed by atoms with Crippen LogP contribution in [0.3, 0.4) is 0 Å². The van der Waals surface area contributed by atoms with Crippen molar-refractivity contribution >= 4 is 27.3 Å². The molecule has 2 atom stereocenters. The molecule has 0 bridgehead atoms. The zero-order valence-electron chi connectivity index (χ0n) is 23.8. The molecule has 0 aliphatic carbocycles. The number of halogens is 2. The standard InChI is InChI=1S/C32H26F2N6O3S/c1-4-27(42)39-6-7-40-25(18(39)3)12-24(38-40)31-29(28-23(34)10-21(33)11-26(28)43-16-17(2)41)32-22(5-8-44-32)30(37-31)20-9-19(13-35)14-36-15-20/h4-5,8-12,14-15,17-18,41H,1,6-7,16H2,2-3H3. The van der Waals surface area contributed by atoms with Crippen LogP contribution in [-0.4, -0.2) is 54.9 Å². The molecule has 1 amide bonds. The Hall–Kier alpha value is -4.99. The average Bonchev–Trinajstić information content (AvgIpc) is 3.68. The molecule has 6 rings (SSSR count). The van der Waals surface area contributed by atoms with Crippen LogP contribution in [0, 0.1) is 23.0 Å². The maximum atomic E-state index is 15.9. The number of aliphatic hydroxyl groups excluding tert-OH is 1. The van der Waals surface area contributed by atoms with Crippen LogP contribution < -0.4 is 4.74 Å². The van der Waals surface area contributed by atoms with E-state index in [4.69, 9.17) is 14.8 Å². The number of pyridine rings is 2. The predicted molar refractivity (Wildman–Crippen MR) is 162 cm³/mol. The first-order valence-electron chi connectivity index (χ1n) is 13.8. The van der Waals surface area contributed by atoms with E-state index in [-0.39, 0.29) is 29.9 Å². The molecule has 1 N–H and O–H groups in total.